The summed E-state index contributed by atoms with van der Waals surface area (Å²) in [7, 11) is 0. The Bertz CT molecular complexity index is 641. The number of hydrogen-bond acceptors (Lipinski definition) is 3. The summed E-state index contributed by atoms with van der Waals surface area (Å²) in [4.78, 5) is 28.2. The van der Waals surface area contributed by atoms with E-state index in [0.717, 1.165) is 12.8 Å². The Morgan fingerprint density at radius 2 is 1.88 bits per heavy atom. The molecule has 25 heavy (non-hydrogen) atoms. The zero-order chi connectivity index (χ0) is 18.6. The van der Waals surface area contributed by atoms with Crippen molar-refractivity contribution in [2.24, 2.45) is 0 Å². The summed E-state index contributed by atoms with van der Waals surface area (Å²) in [5, 5.41) is 0. The first-order valence-electron chi connectivity index (χ1n) is 8.54. The maximum absolute atomic E-state index is 14.1. The molecule has 1 fully saturated rings. The SMILES string of the molecule is CCCCOC(=O)N1C[C@@H](C)N(C(=O)c2ccc(Br)cc2F)C[C@@H]1C. The molecule has 0 aromatic heterocycles. The molecule has 0 unspecified atom stereocenters. The van der Waals surface area contributed by atoms with Gasteiger partial charge in [-0.15, -0.1) is 0 Å². The second-order valence-corrected chi connectivity index (χ2v) is 7.32. The second kappa shape index (κ2) is 8.65. The highest BCUT2D eigenvalue weighted by atomic mass is 79.9. The molecule has 1 aliphatic heterocycles. The number of benzene rings is 1. The van der Waals surface area contributed by atoms with E-state index in [1.165, 1.54) is 12.1 Å². The van der Waals surface area contributed by atoms with Crippen molar-refractivity contribution in [1.29, 1.82) is 0 Å². The molecule has 0 radical (unpaired) electrons. The molecule has 5 nitrogen and oxygen atoms in total. The van der Waals surface area contributed by atoms with Crippen LogP contribution in [0, 0.1) is 5.82 Å². The van der Waals surface area contributed by atoms with Crippen LogP contribution >= 0.6 is 15.9 Å². The number of piperazine rings is 1. The molecule has 0 saturated carbocycles. The Kier molecular flexibility index (Phi) is 6.81. The molecule has 0 spiro atoms. The smallest absolute Gasteiger partial charge is 0.410 e. The standard InChI is InChI=1S/C18H24BrFN2O3/c1-4-5-8-25-18(24)22-11-12(2)21(10-13(22)3)17(23)15-7-6-14(19)9-16(15)20/h6-7,9,12-13H,4-5,8,10-11H2,1-3H3/t12-,13+/m1/s1. The number of amides is 2. The number of carbonyl (C=O) groups is 2. The van der Waals surface area contributed by atoms with Gasteiger partial charge in [-0.2, -0.15) is 0 Å². The number of carbonyl (C=O) groups excluding carboxylic acids is 2. The zero-order valence-corrected chi connectivity index (χ0v) is 16.4. The molecular weight excluding hydrogens is 391 g/mol. The van der Waals surface area contributed by atoms with Crippen LogP contribution in [-0.4, -0.2) is 53.6 Å². The van der Waals surface area contributed by atoms with Crippen molar-refractivity contribution < 1.29 is 18.7 Å². The van der Waals surface area contributed by atoms with Gasteiger partial charge >= 0.3 is 6.09 Å². The topological polar surface area (TPSA) is 49.9 Å². The number of unbranched alkanes of at least 4 members (excludes halogenated alkanes) is 1. The van der Waals surface area contributed by atoms with Gasteiger partial charge in [0.15, 0.2) is 0 Å². The van der Waals surface area contributed by atoms with Crippen LogP contribution in [0.4, 0.5) is 9.18 Å². The van der Waals surface area contributed by atoms with Gasteiger partial charge in [0, 0.05) is 29.6 Å². The van der Waals surface area contributed by atoms with Crippen molar-refractivity contribution in [2.45, 2.75) is 45.7 Å². The fourth-order valence-corrected chi connectivity index (χ4v) is 3.20. The molecular formula is C18H24BrFN2O3. The van der Waals surface area contributed by atoms with Crippen molar-refractivity contribution in [1.82, 2.24) is 9.80 Å². The van der Waals surface area contributed by atoms with Crippen molar-refractivity contribution in [2.75, 3.05) is 19.7 Å². The van der Waals surface area contributed by atoms with Crippen molar-refractivity contribution in [3.8, 4) is 0 Å². The summed E-state index contributed by atoms with van der Waals surface area (Å²) < 4.78 is 20.0. The molecule has 0 N–H and O–H groups in total. The monoisotopic (exact) mass is 414 g/mol. The third-order valence-corrected chi connectivity index (χ3v) is 4.86. The van der Waals surface area contributed by atoms with Gasteiger partial charge in [-0.3, -0.25) is 4.79 Å². The van der Waals surface area contributed by atoms with Gasteiger partial charge in [0.2, 0.25) is 0 Å². The molecule has 0 aliphatic carbocycles. The first-order valence-corrected chi connectivity index (χ1v) is 9.33. The first-order chi connectivity index (χ1) is 11.8. The largest absolute Gasteiger partial charge is 0.449 e. The Morgan fingerprint density at radius 1 is 1.24 bits per heavy atom. The third-order valence-electron chi connectivity index (χ3n) is 4.37. The predicted molar refractivity (Wildman–Crippen MR) is 97.0 cm³/mol. The molecule has 1 aromatic carbocycles. The van der Waals surface area contributed by atoms with E-state index < -0.39 is 5.82 Å². The van der Waals surface area contributed by atoms with Crippen LogP contribution in [0.3, 0.4) is 0 Å². The Balaban J connectivity index is 2.06. The molecule has 1 aromatic rings. The average Bonchev–Trinajstić information content (AvgIpc) is 2.56. The lowest BCUT2D eigenvalue weighted by atomic mass is 10.1. The summed E-state index contributed by atoms with van der Waals surface area (Å²) in [5.41, 5.74) is 0.0428. The highest BCUT2D eigenvalue weighted by Gasteiger charge is 2.36. The molecule has 2 amide bonds. The summed E-state index contributed by atoms with van der Waals surface area (Å²) in [6.07, 6.45) is 1.44. The maximum Gasteiger partial charge on any atom is 0.410 e. The van der Waals surface area contributed by atoms with Crippen LogP contribution in [0.2, 0.25) is 0 Å². The van der Waals surface area contributed by atoms with E-state index in [9.17, 15) is 14.0 Å². The third kappa shape index (κ3) is 4.71. The summed E-state index contributed by atoms with van der Waals surface area (Å²) in [5.74, 6) is -0.913. The molecule has 138 valence electrons. The van der Waals surface area contributed by atoms with Gasteiger partial charge in [-0.1, -0.05) is 29.3 Å². The van der Waals surface area contributed by atoms with E-state index in [4.69, 9.17) is 4.74 Å². The lowest BCUT2D eigenvalue weighted by molar-refractivity contribution is 0.0235. The maximum atomic E-state index is 14.1. The van der Waals surface area contributed by atoms with Crippen molar-refractivity contribution in [3.05, 3.63) is 34.1 Å². The van der Waals surface area contributed by atoms with Gasteiger partial charge in [0.25, 0.3) is 5.91 Å². The van der Waals surface area contributed by atoms with Crippen LogP contribution in [0.15, 0.2) is 22.7 Å². The normalized spacial score (nSPS) is 20.5. The van der Waals surface area contributed by atoms with Crippen molar-refractivity contribution >= 4 is 27.9 Å². The molecule has 1 heterocycles. The number of hydrogen-bond donors (Lipinski definition) is 0. The Labute approximate surface area is 156 Å². The fraction of sp³-hybridized carbons (Fsp3) is 0.556. The van der Waals surface area contributed by atoms with Crippen LogP contribution in [0.5, 0.6) is 0 Å². The lowest BCUT2D eigenvalue weighted by Gasteiger charge is -2.43. The Morgan fingerprint density at radius 3 is 2.52 bits per heavy atom. The molecule has 7 heteroatoms. The fourth-order valence-electron chi connectivity index (χ4n) is 2.87. The number of rotatable bonds is 4. The summed E-state index contributed by atoms with van der Waals surface area (Å²) >= 11 is 3.19. The summed E-state index contributed by atoms with van der Waals surface area (Å²) in [6.45, 7) is 6.87. The van der Waals surface area contributed by atoms with Crippen LogP contribution < -0.4 is 0 Å². The van der Waals surface area contributed by atoms with Crippen LogP contribution in [-0.2, 0) is 4.74 Å². The van der Waals surface area contributed by atoms with E-state index in [-0.39, 0.29) is 29.6 Å². The minimum absolute atomic E-state index is 0.0428. The van der Waals surface area contributed by atoms with Crippen LogP contribution in [0.25, 0.3) is 0 Å². The highest BCUT2D eigenvalue weighted by molar-refractivity contribution is 9.10. The van der Waals surface area contributed by atoms with Gasteiger partial charge in [0.1, 0.15) is 5.82 Å². The lowest BCUT2D eigenvalue weighted by Crippen LogP contribution is -2.59. The minimum atomic E-state index is -0.555. The molecule has 1 aliphatic rings. The molecule has 2 rings (SSSR count). The van der Waals surface area contributed by atoms with Crippen LogP contribution in [0.1, 0.15) is 44.0 Å². The minimum Gasteiger partial charge on any atom is -0.449 e. The zero-order valence-electron chi connectivity index (χ0n) is 14.8. The van der Waals surface area contributed by atoms with E-state index in [2.05, 4.69) is 15.9 Å². The van der Waals surface area contributed by atoms with E-state index in [0.29, 0.717) is 24.2 Å². The number of nitrogens with zero attached hydrogens (tertiary/aromatic N) is 2. The van der Waals surface area contributed by atoms with Crippen molar-refractivity contribution in [3.63, 3.8) is 0 Å². The second-order valence-electron chi connectivity index (χ2n) is 6.40. The number of ether oxygens (including phenoxy) is 1. The first kappa shape index (κ1) is 19.7. The average molecular weight is 415 g/mol. The molecule has 2 atom stereocenters. The molecule has 0 bridgehead atoms. The molecule has 1 saturated heterocycles. The predicted octanol–water partition coefficient (Wildman–Crippen LogP) is 4.06. The van der Waals surface area contributed by atoms with Gasteiger partial charge in [-0.25, -0.2) is 9.18 Å². The van der Waals surface area contributed by atoms with Gasteiger partial charge in [-0.05, 0) is 38.5 Å². The summed E-state index contributed by atoms with van der Waals surface area (Å²) in [6, 6.07) is 4.00. The quantitative estimate of drug-likeness (QED) is 0.697. The van der Waals surface area contributed by atoms with Gasteiger partial charge in [0.05, 0.1) is 12.2 Å². The number of halogens is 2. The van der Waals surface area contributed by atoms with E-state index in [1.54, 1.807) is 15.9 Å². The van der Waals surface area contributed by atoms with E-state index in [1.807, 2.05) is 20.8 Å². The van der Waals surface area contributed by atoms with E-state index >= 15 is 0 Å². The highest BCUT2D eigenvalue weighted by Crippen LogP contribution is 2.22. The van der Waals surface area contributed by atoms with Gasteiger partial charge < -0.3 is 14.5 Å². The Hall–Kier alpha value is -1.63.